The zero-order chi connectivity index (χ0) is 13.4. The van der Waals surface area contributed by atoms with Crippen molar-refractivity contribution in [3.05, 3.63) is 30.9 Å². The summed E-state index contributed by atoms with van der Waals surface area (Å²) in [5.74, 6) is 1.03. The summed E-state index contributed by atoms with van der Waals surface area (Å²) in [7, 11) is 3.53. The van der Waals surface area contributed by atoms with Crippen LogP contribution >= 0.6 is 0 Å². The molecule has 6 nitrogen and oxygen atoms in total. The van der Waals surface area contributed by atoms with Gasteiger partial charge in [-0.25, -0.2) is 15.0 Å². The second-order valence-electron chi connectivity index (χ2n) is 4.20. The molecule has 96 valence electrons. The maximum atomic E-state index is 5.74. The van der Waals surface area contributed by atoms with Crippen molar-refractivity contribution in [1.29, 1.82) is 0 Å². The predicted octanol–water partition coefficient (Wildman–Crippen LogP) is 1.62. The molecule has 0 fully saturated rings. The van der Waals surface area contributed by atoms with E-state index in [0.29, 0.717) is 11.7 Å². The van der Waals surface area contributed by atoms with Gasteiger partial charge in [0.15, 0.2) is 0 Å². The molecule has 3 aromatic rings. The molecule has 0 aromatic carbocycles. The molecule has 2 N–H and O–H groups in total. The van der Waals surface area contributed by atoms with Crippen LogP contribution in [0.25, 0.3) is 22.2 Å². The first-order valence-electron chi connectivity index (χ1n) is 5.76. The standard InChI is InChI=1S/C13H13N5O/c1-18-6-9(8-3-4-15-10(14)5-8)11-12(18)16-7-17-13(11)19-2/h3-7H,1-2H3,(H2,14,15). The van der Waals surface area contributed by atoms with Crippen LogP contribution in [-0.4, -0.2) is 26.6 Å². The van der Waals surface area contributed by atoms with Crippen molar-refractivity contribution in [1.82, 2.24) is 19.5 Å². The number of rotatable bonds is 2. The maximum absolute atomic E-state index is 5.74. The summed E-state index contributed by atoms with van der Waals surface area (Å²) in [6.07, 6.45) is 5.16. The van der Waals surface area contributed by atoms with Crippen molar-refractivity contribution in [2.24, 2.45) is 7.05 Å². The van der Waals surface area contributed by atoms with Gasteiger partial charge >= 0.3 is 0 Å². The van der Waals surface area contributed by atoms with Crippen molar-refractivity contribution < 1.29 is 4.74 Å². The molecule has 0 aliphatic heterocycles. The second kappa shape index (κ2) is 4.24. The molecule has 0 radical (unpaired) electrons. The van der Waals surface area contributed by atoms with Crippen LogP contribution in [0.15, 0.2) is 30.9 Å². The summed E-state index contributed by atoms with van der Waals surface area (Å²) >= 11 is 0. The Morgan fingerprint density at radius 3 is 2.84 bits per heavy atom. The molecule has 3 aromatic heterocycles. The van der Waals surface area contributed by atoms with E-state index in [0.717, 1.165) is 22.2 Å². The van der Waals surface area contributed by atoms with E-state index < -0.39 is 0 Å². The van der Waals surface area contributed by atoms with Gasteiger partial charge in [-0.05, 0) is 17.7 Å². The lowest BCUT2D eigenvalue weighted by Gasteiger charge is -2.03. The van der Waals surface area contributed by atoms with E-state index in [1.54, 1.807) is 13.3 Å². The Labute approximate surface area is 109 Å². The first-order valence-corrected chi connectivity index (χ1v) is 5.76. The van der Waals surface area contributed by atoms with Crippen LogP contribution in [-0.2, 0) is 7.05 Å². The third-order valence-electron chi connectivity index (χ3n) is 3.00. The van der Waals surface area contributed by atoms with Gasteiger partial charge in [0.25, 0.3) is 0 Å². The first kappa shape index (κ1) is 11.5. The summed E-state index contributed by atoms with van der Waals surface area (Å²) in [5.41, 5.74) is 8.49. The van der Waals surface area contributed by atoms with Gasteiger partial charge < -0.3 is 15.0 Å². The lowest BCUT2D eigenvalue weighted by atomic mass is 10.1. The number of pyridine rings is 1. The smallest absolute Gasteiger partial charge is 0.226 e. The number of ether oxygens (including phenoxy) is 1. The molecule has 3 heterocycles. The fraction of sp³-hybridized carbons (Fsp3) is 0.154. The number of hydrogen-bond acceptors (Lipinski definition) is 5. The van der Waals surface area contributed by atoms with Gasteiger partial charge in [0.05, 0.1) is 12.5 Å². The van der Waals surface area contributed by atoms with E-state index >= 15 is 0 Å². The minimum absolute atomic E-state index is 0.477. The maximum Gasteiger partial charge on any atom is 0.226 e. The predicted molar refractivity (Wildman–Crippen MR) is 72.7 cm³/mol. The van der Waals surface area contributed by atoms with E-state index in [1.807, 2.05) is 29.9 Å². The highest BCUT2D eigenvalue weighted by molar-refractivity contribution is 5.97. The van der Waals surface area contributed by atoms with E-state index in [2.05, 4.69) is 15.0 Å². The topological polar surface area (TPSA) is 78.8 Å². The number of aromatic nitrogens is 4. The van der Waals surface area contributed by atoms with Gasteiger partial charge in [-0.2, -0.15) is 0 Å². The Kier molecular flexibility index (Phi) is 2.56. The Bertz CT molecular complexity index is 750. The van der Waals surface area contributed by atoms with Crippen LogP contribution in [0.2, 0.25) is 0 Å². The number of nitrogens with zero attached hydrogens (tertiary/aromatic N) is 4. The molecule has 0 spiro atoms. The zero-order valence-corrected chi connectivity index (χ0v) is 10.7. The molecule has 0 amide bonds. The Balaban J connectivity index is 2.35. The molecule has 0 saturated carbocycles. The summed E-state index contributed by atoms with van der Waals surface area (Å²) in [5, 5.41) is 0.873. The number of nitrogen functional groups attached to an aromatic ring is 1. The van der Waals surface area contributed by atoms with Gasteiger partial charge in [0, 0.05) is 25.0 Å². The molecule has 0 aliphatic carbocycles. The van der Waals surface area contributed by atoms with Crippen molar-refractivity contribution in [3.63, 3.8) is 0 Å². The van der Waals surface area contributed by atoms with Gasteiger partial charge in [-0.3, -0.25) is 0 Å². The molecule has 0 aliphatic rings. The van der Waals surface area contributed by atoms with E-state index in [4.69, 9.17) is 10.5 Å². The molecule has 3 rings (SSSR count). The van der Waals surface area contributed by atoms with E-state index in [9.17, 15) is 0 Å². The zero-order valence-electron chi connectivity index (χ0n) is 10.7. The van der Waals surface area contributed by atoms with Crippen molar-refractivity contribution >= 4 is 16.9 Å². The Hall–Kier alpha value is -2.63. The summed E-state index contributed by atoms with van der Waals surface area (Å²) in [6.45, 7) is 0. The molecule has 6 heteroatoms. The number of nitrogens with two attached hydrogens (primary N) is 1. The molecule has 0 bridgehead atoms. The van der Waals surface area contributed by atoms with Crippen molar-refractivity contribution in [2.45, 2.75) is 0 Å². The largest absolute Gasteiger partial charge is 0.480 e. The lowest BCUT2D eigenvalue weighted by molar-refractivity contribution is 0.402. The highest BCUT2D eigenvalue weighted by Gasteiger charge is 2.15. The lowest BCUT2D eigenvalue weighted by Crippen LogP contribution is -1.93. The van der Waals surface area contributed by atoms with Crippen LogP contribution in [0.4, 0.5) is 5.82 Å². The number of fused-ring (bicyclic) bond motifs is 1. The SMILES string of the molecule is COc1ncnc2c1c(-c1ccnc(N)c1)cn2C. The van der Waals surface area contributed by atoms with Crippen LogP contribution in [0.5, 0.6) is 5.88 Å². The quantitative estimate of drug-likeness (QED) is 0.752. The fourth-order valence-electron chi connectivity index (χ4n) is 2.17. The normalized spacial score (nSPS) is 10.8. The fourth-order valence-corrected chi connectivity index (χ4v) is 2.17. The molecular formula is C13H13N5O. The van der Waals surface area contributed by atoms with Crippen LogP contribution in [0, 0.1) is 0 Å². The van der Waals surface area contributed by atoms with Gasteiger partial charge in [0.2, 0.25) is 5.88 Å². The van der Waals surface area contributed by atoms with Crippen LogP contribution < -0.4 is 10.5 Å². The number of aryl methyl sites for hydroxylation is 1. The highest BCUT2D eigenvalue weighted by Crippen LogP contribution is 2.34. The molecular weight excluding hydrogens is 242 g/mol. The second-order valence-corrected chi connectivity index (χ2v) is 4.20. The van der Waals surface area contributed by atoms with E-state index in [1.165, 1.54) is 6.33 Å². The van der Waals surface area contributed by atoms with Crippen molar-refractivity contribution in [2.75, 3.05) is 12.8 Å². The monoisotopic (exact) mass is 255 g/mol. The van der Waals surface area contributed by atoms with Gasteiger partial charge in [-0.15, -0.1) is 0 Å². The van der Waals surface area contributed by atoms with Crippen LogP contribution in [0.3, 0.4) is 0 Å². The highest BCUT2D eigenvalue weighted by atomic mass is 16.5. The number of anilines is 1. The Morgan fingerprint density at radius 2 is 2.11 bits per heavy atom. The molecule has 0 unspecified atom stereocenters. The average Bonchev–Trinajstić information content (AvgIpc) is 2.76. The minimum atomic E-state index is 0.477. The molecule has 0 saturated heterocycles. The van der Waals surface area contributed by atoms with Crippen molar-refractivity contribution in [3.8, 4) is 17.0 Å². The van der Waals surface area contributed by atoms with Gasteiger partial charge in [0.1, 0.15) is 17.8 Å². The Morgan fingerprint density at radius 1 is 1.26 bits per heavy atom. The van der Waals surface area contributed by atoms with Gasteiger partial charge in [-0.1, -0.05) is 0 Å². The first-order chi connectivity index (χ1) is 9.20. The molecule has 0 atom stereocenters. The number of methoxy groups -OCH3 is 1. The minimum Gasteiger partial charge on any atom is -0.480 e. The number of hydrogen-bond donors (Lipinski definition) is 1. The third kappa shape index (κ3) is 1.77. The average molecular weight is 255 g/mol. The summed E-state index contributed by atoms with van der Waals surface area (Å²) in [6, 6.07) is 3.72. The summed E-state index contributed by atoms with van der Waals surface area (Å²) in [4.78, 5) is 12.4. The third-order valence-corrected chi connectivity index (χ3v) is 3.00. The van der Waals surface area contributed by atoms with Crippen LogP contribution in [0.1, 0.15) is 0 Å². The summed E-state index contributed by atoms with van der Waals surface area (Å²) < 4.78 is 7.26. The van der Waals surface area contributed by atoms with E-state index in [-0.39, 0.29) is 0 Å². The molecule has 19 heavy (non-hydrogen) atoms.